The summed E-state index contributed by atoms with van der Waals surface area (Å²) in [6.45, 7) is 5.78. The van der Waals surface area contributed by atoms with Crippen LogP contribution in [0, 0.1) is 5.92 Å². The van der Waals surface area contributed by atoms with E-state index in [4.69, 9.17) is 10.2 Å². The number of carbonyl (C=O) groups is 2. The molecule has 1 aromatic carbocycles. The van der Waals surface area contributed by atoms with Crippen LogP contribution in [0.25, 0.3) is 0 Å². The number of fused-ring (bicyclic) bond motifs is 3. The molecule has 142 valence electrons. The zero-order valence-electron chi connectivity index (χ0n) is 15.2. The molecule has 4 N–H and O–H groups in total. The number of rotatable bonds is 3. The second kappa shape index (κ2) is 8.36. The fourth-order valence-electron chi connectivity index (χ4n) is 4.39. The second-order valence-corrected chi connectivity index (χ2v) is 7.09. The number of phenols is 1. The van der Waals surface area contributed by atoms with E-state index in [0.29, 0.717) is 29.9 Å². The van der Waals surface area contributed by atoms with Gasteiger partial charge in [-0.05, 0) is 60.8 Å². The number of piperidine rings is 1. The van der Waals surface area contributed by atoms with Gasteiger partial charge in [0.05, 0.1) is 0 Å². The number of benzene rings is 1. The molecule has 0 saturated carbocycles. The molecule has 3 atom stereocenters. The minimum Gasteiger partial charge on any atom is -0.508 e. The lowest BCUT2D eigenvalue weighted by Crippen LogP contribution is -2.54. The van der Waals surface area contributed by atoms with E-state index in [2.05, 4.69) is 25.2 Å². The molecule has 6 heteroatoms. The Morgan fingerprint density at radius 2 is 1.92 bits per heavy atom. The van der Waals surface area contributed by atoms with Gasteiger partial charge in [-0.25, -0.2) is 9.59 Å². The van der Waals surface area contributed by atoms with E-state index in [0.717, 1.165) is 13.0 Å². The molecular formula is C20H27NO5. The van der Waals surface area contributed by atoms with Crippen molar-refractivity contribution in [3.05, 3.63) is 41.5 Å². The van der Waals surface area contributed by atoms with Gasteiger partial charge >= 0.3 is 11.9 Å². The molecule has 0 radical (unpaired) electrons. The number of carboxylic acid groups (broad SMARTS) is 2. The van der Waals surface area contributed by atoms with Gasteiger partial charge in [0, 0.05) is 18.2 Å². The zero-order chi connectivity index (χ0) is 19.3. The van der Waals surface area contributed by atoms with Crippen molar-refractivity contribution in [2.24, 2.45) is 5.92 Å². The fourth-order valence-corrected chi connectivity index (χ4v) is 4.39. The smallest absolute Gasteiger partial charge is 0.328 e. The lowest BCUT2D eigenvalue weighted by atomic mass is 9.58. The van der Waals surface area contributed by atoms with Crippen LogP contribution in [0.15, 0.2) is 30.4 Å². The molecule has 1 aliphatic heterocycles. The molecule has 1 aromatic rings. The topological polar surface area (TPSA) is 107 Å². The molecule has 26 heavy (non-hydrogen) atoms. The van der Waals surface area contributed by atoms with Gasteiger partial charge in [-0.2, -0.15) is 0 Å². The third-order valence-corrected chi connectivity index (χ3v) is 5.64. The number of aromatic hydroxyl groups is 1. The Kier molecular flexibility index (Phi) is 6.42. The maximum Gasteiger partial charge on any atom is 0.328 e. The number of hydrogen-bond donors (Lipinski definition) is 4. The molecule has 0 amide bonds. The van der Waals surface area contributed by atoms with Gasteiger partial charge in [0.1, 0.15) is 5.75 Å². The van der Waals surface area contributed by atoms with Crippen LogP contribution < -0.4 is 5.32 Å². The molecular weight excluding hydrogens is 334 g/mol. The lowest BCUT2D eigenvalue weighted by molar-refractivity contribution is -0.134. The first-order valence-electron chi connectivity index (χ1n) is 8.98. The molecule has 1 fully saturated rings. The first-order valence-corrected chi connectivity index (χ1v) is 8.98. The van der Waals surface area contributed by atoms with Crippen LogP contribution >= 0.6 is 0 Å². The summed E-state index contributed by atoms with van der Waals surface area (Å²) < 4.78 is 0. The van der Waals surface area contributed by atoms with Gasteiger partial charge < -0.3 is 20.6 Å². The Morgan fingerprint density at radius 3 is 2.50 bits per heavy atom. The summed E-state index contributed by atoms with van der Waals surface area (Å²) in [4.78, 5) is 19.1. The van der Waals surface area contributed by atoms with E-state index in [1.165, 1.54) is 30.4 Å². The van der Waals surface area contributed by atoms with E-state index >= 15 is 0 Å². The SMILES string of the molecule is CCC1NCCC2(C)c3cccc(O)c3CCC12.O=C(O)C=CC(=O)O. The first-order chi connectivity index (χ1) is 12.3. The largest absolute Gasteiger partial charge is 0.508 e. The minimum atomic E-state index is -1.26. The molecule has 6 nitrogen and oxygen atoms in total. The average Bonchev–Trinajstić information content (AvgIpc) is 2.60. The van der Waals surface area contributed by atoms with Crippen molar-refractivity contribution in [1.82, 2.24) is 5.32 Å². The Labute approximate surface area is 153 Å². The standard InChI is InChI=1S/C16H23NO.C4H4O4/c1-3-14-13-8-7-11-12(5-4-6-15(11)18)16(13,2)9-10-17-14;5-3(6)1-2-4(7)8/h4-6,13-14,17-18H,3,7-10H2,1-2H3;1-2H,(H,5,6)(H,7,8). The van der Waals surface area contributed by atoms with Crippen LogP contribution in [-0.2, 0) is 21.4 Å². The van der Waals surface area contributed by atoms with E-state index in [9.17, 15) is 14.7 Å². The maximum atomic E-state index is 10.1. The van der Waals surface area contributed by atoms with E-state index < -0.39 is 11.9 Å². The molecule has 0 bridgehead atoms. The summed E-state index contributed by atoms with van der Waals surface area (Å²) in [5.74, 6) is -1.30. The number of phenolic OH excluding ortho intramolecular Hbond substituents is 1. The van der Waals surface area contributed by atoms with Gasteiger partial charge in [0.15, 0.2) is 0 Å². The highest BCUT2D eigenvalue weighted by Gasteiger charge is 2.46. The second-order valence-electron chi connectivity index (χ2n) is 7.09. The normalized spacial score (nSPS) is 27.0. The lowest BCUT2D eigenvalue weighted by Gasteiger charge is -2.50. The third-order valence-electron chi connectivity index (χ3n) is 5.64. The number of aliphatic carboxylic acids is 2. The Balaban J connectivity index is 0.000000260. The summed E-state index contributed by atoms with van der Waals surface area (Å²) >= 11 is 0. The molecule has 1 saturated heterocycles. The molecule has 2 aliphatic rings. The summed E-state index contributed by atoms with van der Waals surface area (Å²) in [6, 6.07) is 6.71. The van der Waals surface area contributed by atoms with Gasteiger partial charge in [0.25, 0.3) is 0 Å². The van der Waals surface area contributed by atoms with Crippen molar-refractivity contribution >= 4 is 11.9 Å². The summed E-state index contributed by atoms with van der Waals surface area (Å²) in [5, 5.41) is 29.4. The van der Waals surface area contributed by atoms with Gasteiger partial charge in [-0.15, -0.1) is 0 Å². The van der Waals surface area contributed by atoms with Crippen molar-refractivity contribution in [2.75, 3.05) is 6.54 Å². The Hall–Kier alpha value is -2.34. The van der Waals surface area contributed by atoms with Crippen LogP contribution in [-0.4, -0.2) is 39.8 Å². The molecule has 1 heterocycles. The maximum absolute atomic E-state index is 10.1. The first kappa shape index (κ1) is 20.0. The molecule has 1 aliphatic carbocycles. The molecule has 0 spiro atoms. The van der Waals surface area contributed by atoms with Gasteiger partial charge in [-0.3, -0.25) is 0 Å². The van der Waals surface area contributed by atoms with Crippen molar-refractivity contribution in [3.8, 4) is 5.75 Å². The van der Waals surface area contributed by atoms with Gasteiger partial charge in [-0.1, -0.05) is 26.0 Å². The molecule has 3 rings (SSSR count). The predicted octanol–water partition coefficient (Wildman–Crippen LogP) is 2.70. The van der Waals surface area contributed by atoms with Crippen LogP contribution in [0.1, 0.15) is 44.2 Å². The molecule has 3 unspecified atom stereocenters. The highest BCUT2D eigenvalue weighted by atomic mass is 16.4. The summed E-state index contributed by atoms with van der Waals surface area (Å²) in [5.41, 5.74) is 2.85. The zero-order valence-corrected chi connectivity index (χ0v) is 15.2. The van der Waals surface area contributed by atoms with Gasteiger partial charge in [0.2, 0.25) is 0 Å². The number of nitrogens with one attached hydrogen (secondary N) is 1. The number of hydrogen-bond acceptors (Lipinski definition) is 4. The third kappa shape index (κ3) is 4.25. The summed E-state index contributed by atoms with van der Waals surface area (Å²) in [7, 11) is 0. The van der Waals surface area contributed by atoms with Crippen molar-refractivity contribution in [3.63, 3.8) is 0 Å². The van der Waals surface area contributed by atoms with Crippen LogP contribution in [0.3, 0.4) is 0 Å². The van der Waals surface area contributed by atoms with E-state index in [1.807, 2.05) is 12.1 Å². The van der Waals surface area contributed by atoms with Crippen molar-refractivity contribution in [2.45, 2.75) is 51.0 Å². The average molecular weight is 361 g/mol. The number of carboxylic acids is 2. The van der Waals surface area contributed by atoms with E-state index in [1.54, 1.807) is 0 Å². The highest BCUT2D eigenvalue weighted by molar-refractivity contribution is 5.89. The van der Waals surface area contributed by atoms with E-state index in [-0.39, 0.29) is 5.41 Å². The van der Waals surface area contributed by atoms with Crippen LogP contribution in [0.5, 0.6) is 5.75 Å². The monoisotopic (exact) mass is 361 g/mol. The highest BCUT2D eigenvalue weighted by Crippen LogP contribution is 2.49. The van der Waals surface area contributed by atoms with Crippen LogP contribution in [0.4, 0.5) is 0 Å². The predicted molar refractivity (Wildman–Crippen MR) is 98.4 cm³/mol. The fraction of sp³-hybridized carbons (Fsp3) is 0.500. The Morgan fingerprint density at radius 1 is 1.27 bits per heavy atom. The quantitative estimate of drug-likeness (QED) is 0.617. The van der Waals surface area contributed by atoms with Crippen LogP contribution in [0.2, 0.25) is 0 Å². The minimum absolute atomic E-state index is 0.248. The van der Waals surface area contributed by atoms with Crippen molar-refractivity contribution < 1.29 is 24.9 Å². The summed E-state index contributed by atoms with van der Waals surface area (Å²) in [6.07, 6.45) is 5.73. The molecule has 0 aromatic heterocycles. The Bertz CT molecular complexity index is 683. The van der Waals surface area contributed by atoms with Crippen molar-refractivity contribution in [1.29, 1.82) is 0 Å².